The van der Waals surface area contributed by atoms with Crippen molar-refractivity contribution in [1.82, 2.24) is 5.32 Å². The van der Waals surface area contributed by atoms with Crippen LogP contribution in [-0.2, 0) is 5.41 Å². The molecule has 0 aliphatic heterocycles. The van der Waals surface area contributed by atoms with Gasteiger partial charge in [-0.15, -0.1) is 0 Å². The molecule has 0 amide bonds. The Morgan fingerprint density at radius 1 is 1.32 bits per heavy atom. The summed E-state index contributed by atoms with van der Waals surface area (Å²) in [4.78, 5) is 0. The van der Waals surface area contributed by atoms with E-state index >= 15 is 0 Å². The van der Waals surface area contributed by atoms with Gasteiger partial charge in [0.25, 0.3) is 0 Å². The van der Waals surface area contributed by atoms with Crippen LogP contribution < -0.4 is 5.32 Å². The van der Waals surface area contributed by atoms with Crippen molar-refractivity contribution in [3.8, 4) is 0 Å². The van der Waals surface area contributed by atoms with E-state index in [4.69, 9.17) is 23.2 Å². The minimum Gasteiger partial charge on any atom is -0.311 e. The fraction of sp³-hybridized carbons (Fsp3) is 0.625. The fourth-order valence-electron chi connectivity index (χ4n) is 2.86. The Morgan fingerprint density at radius 2 is 2.00 bits per heavy atom. The lowest BCUT2D eigenvalue weighted by molar-refractivity contribution is 0.124. The van der Waals surface area contributed by atoms with Crippen molar-refractivity contribution in [3.63, 3.8) is 0 Å². The highest BCUT2D eigenvalue weighted by molar-refractivity contribution is 6.35. The van der Waals surface area contributed by atoms with E-state index in [0.717, 1.165) is 11.6 Å². The van der Waals surface area contributed by atoms with Crippen LogP contribution in [0, 0.1) is 5.92 Å². The highest BCUT2D eigenvalue weighted by Crippen LogP contribution is 2.50. The first-order chi connectivity index (χ1) is 8.74. The second kappa shape index (κ2) is 5.27. The molecule has 1 saturated carbocycles. The molecule has 0 radical (unpaired) electrons. The summed E-state index contributed by atoms with van der Waals surface area (Å²) in [6.45, 7) is 9.90. The Kier molecular flexibility index (Phi) is 4.21. The van der Waals surface area contributed by atoms with Crippen molar-refractivity contribution in [2.75, 3.05) is 6.54 Å². The SMILES string of the molecule is CC1CCC1(CNC(C)(C)C)c1ccc(Cl)cc1Cl. The van der Waals surface area contributed by atoms with E-state index in [1.807, 2.05) is 12.1 Å². The zero-order valence-corrected chi connectivity index (χ0v) is 13.7. The molecule has 0 spiro atoms. The van der Waals surface area contributed by atoms with Crippen LogP contribution in [0.25, 0.3) is 0 Å². The van der Waals surface area contributed by atoms with Crippen molar-refractivity contribution in [2.24, 2.45) is 5.92 Å². The second-order valence-corrected chi connectivity index (χ2v) is 7.67. The van der Waals surface area contributed by atoms with E-state index in [2.05, 4.69) is 39.1 Å². The molecular weight excluding hydrogens is 277 g/mol. The van der Waals surface area contributed by atoms with Crippen LogP contribution in [0.3, 0.4) is 0 Å². The quantitative estimate of drug-likeness (QED) is 0.823. The van der Waals surface area contributed by atoms with Gasteiger partial charge in [-0.05, 0) is 57.2 Å². The molecule has 2 rings (SSSR count). The lowest BCUT2D eigenvalue weighted by Crippen LogP contribution is -2.54. The molecule has 1 aliphatic rings. The number of benzene rings is 1. The molecule has 0 saturated heterocycles. The number of nitrogens with one attached hydrogen (secondary N) is 1. The predicted octanol–water partition coefficient (Wildman–Crippen LogP) is 5.05. The smallest absolute Gasteiger partial charge is 0.0459 e. The summed E-state index contributed by atoms with van der Waals surface area (Å²) in [5.74, 6) is 0.654. The maximum absolute atomic E-state index is 6.43. The van der Waals surface area contributed by atoms with Crippen LogP contribution >= 0.6 is 23.2 Å². The van der Waals surface area contributed by atoms with Gasteiger partial charge < -0.3 is 5.32 Å². The van der Waals surface area contributed by atoms with E-state index in [1.54, 1.807) is 0 Å². The summed E-state index contributed by atoms with van der Waals surface area (Å²) in [7, 11) is 0. The maximum Gasteiger partial charge on any atom is 0.0459 e. The number of hydrogen-bond donors (Lipinski definition) is 1. The molecule has 1 N–H and O–H groups in total. The van der Waals surface area contributed by atoms with Gasteiger partial charge in [0.05, 0.1) is 0 Å². The zero-order chi connectivity index (χ0) is 14.3. The van der Waals surface area contributed by atoms with Gasteiger partial charge >= 0.3 is 0 Å². The van der Waals surface area contributed by atoms with Crippen LogP contribution in [-0.4, -0.2) is 12.1 Å². The summed E-state index contributed by atoms with van der Waals surface area (Å²) in [6.07, 6.45) is 2.46. The molecule has 2 unspecified atom stereocenters. The van der Waals surface area contributed by atoms with E-state index in [1.165, 1.54) is 18.4 Å². The molecule has 1 aromatic carbocycles. The third kappa shape index (κ3) is 3.09. The van der Waals surface area contributed by atoms with Gasteiger partial charge in [-0.3, -0.25) is 0 Å². The summed E-state index contributed by atoms with van der Waals surface area (Å²) < 4.78 is 0. The van der Waals surface area contributed by atoms with Gasteiger partial charge in [0, 0.05) is 27.5 Å². The second-order valence-electron chi connectivity index (χ2n) is 6.82. The lowest BCUT2D eigenvalue weighted by atomic mass is 9.57. The van der Waals surface area contributed by atoms with E-state index in [-0.39, 0.29) is 11.0 Å². The molecule has 2 atom stereocenters. The molecule has 0 bridgehead atoms. The molecule has 3 heteroatoms. The molecule has 0 aromatic heterocycles. The van der Waals surface area contributed by atoms with Gasteiger partial charge in [0.1, 0.15) is 0 Å². The highest BCUT2D eigenvalue weighted by Gasteiger charge is 2.46. The van der Waals surface area contributed by atoms with Crippen LogP contribution in [0.5, 0.6) is 0 Å². The molecular formula is C16H23Cl2N. The summed E-state index contributed by atoms with van der Waals surface area (Å²) >= 11 is 12.4. The van der Waals surface area contributed by atoms with Crippen molar-refractivity contribution in [3.05, 3.63) is 33.8 Å². The Balaban J connectivity index is 2.29. The van der Waals surface area contributed by atoms with Gasteiger partial charge in [-0.1, -0.05) is 36.2 Å². The Hall–Kier alpha value is -0.240. The first-order valence-electron chi connectivity index (χ1n) is 6.95. The largest absolute Gasteiger partial charge is 0.311 e. The zero-order valence-electron chi connectivity index (χ0n) is 12.2. The standard InChI is InChI=1S/C16H23Cl2N/c1-11-7-8-16(11,10-19-15(2,3)4)13-6-5-12(17)9-14(13)18/h5-6,9,11,19H,7-8,10H2,1-4H3. The average Bonchev–Trinajstić information content (AvgIpc) is 2.28. The molecule has 0 heterocycles. The minimum absolute atomic E-state index is 0.126. The third-order valence-electron chi connectivity index (χ3n) is 4.37. The summed E-state index contributed by atoms with van der Waals surface area (Å²) in [5.41, 5.74) is 1.53. The van der Waals surface area contributed by atoms with Crippen LogP contribution in [0.4, 0.5) is 0 Å². The Labute approximate surface area is 126 Å². The number of halogens is 2. The van der Waals surface area contributed by atoms with Gasteiger partial charge in [0.15, 0.2) is 0 Å². The Bertz CT molecular complexity index is 464. The lowest BCUT2D eigenvalue weighted by Gasteiger charge is -2.50. The molecule has 19 heavy (non-hydrogen) atoms. The van der Waals surface area contributed by atoms with Gasteiger partial charge in [0.2, 0.25) is 0 Å². The first kappa shape index (κ1) is 15.2. The van der Waals surface area contributed by atoms with Crippen molar-refractivity contribution >= 4 is 23.2 Å². The monoisotopic (exact) mass is 299 g/mol. The number of rotatable bonds is 3. The van der Waals surface area contributed by atoms with E-state index in [9.17, 15) is 0 Å². The van der Waals surface area contributed by atoms with E-state index < -0.39 is 0 Å². The van der Waals surface area contributed by atoms with Crippen molar-refractivity contribution < 1.29 is 0 Å². The third-order valence-corrected chi connectivity index (χ3v) is 4.92. The maximum atomic E-state index is 6.43. The van der Waals surface area contributed by atoms with Crippen LogP contribution in [0.15, 0.2) is 18.2 Å². The predicted molar refractivity (Wildman–Crippen MR) is 84.3 cm³/mol. The average molecular weight is 300 g/mol. The van der Waals surface area contributed by atoms with E-state index in [0.29, 0.717) is 10.9 Å². The molecule has 106 valence electrons. The molecule has 1 nitrogen and oxygen atoms in total. The number of hydrogen-bond acceptors (Lipinski definition) is 1. The minimum atomic E-state index is 0.126. The fourth-order valence-corrected chi connectivity index (χ4v) is 3.45. The highest BCUT2D eigenvalue weighted by atomic mass is 35.5. The first-order valence-corrected chi connectivity index (χ1v) is 7.71. The Morgan fingerprint density at radius 3 is 2.42 bits per heavy atom. The topological polar surface area (TPSA) is 12.0 Å². The van der Waals surface area contributed by atoms with Crippen LogP contribution in [0.2, 0.25) is 10.0 Å². The van der Waals surface area contributed by atoms with Crippen molar-refractivity contribution in [2.45, 2.75) is 51.5 Å². The van der Waals surface area contributed by atoms with Crippen LogP contribution in [0.1, 0.15) is 46.1 Å². The van der Waals surface area contributed by atoms with Gasteiger partial charge in [-0.2, -0.15) is 0 Å². The molecule has 1 aliphatic carbocycles. The van der Waals surface area contributed by atoms with Gasteiger partial charge in [-0.25, -0.2) is 0 Å². The molecule has 1 fully saturated rings. The normalized spacial score (nSPS) is 27.2. The summed E-state index contributed by atoms with van der Waals surface area (Å²) in [5, 5.41) is 5.15. The summed E-state index contributed by atoms with van der Waals surface area (Å²) in [6, 6.07) is 5.92. The molecule has 1 aromatic rings. The van der Waals surface area contributed by atoms with Crippen molar-refractivity contribution in [1.29, 1.82) is 0 Å².